The summed E-state index contributed by atoms with van der Waals surface area (Å²) in [6, 6.07) is 0.655. The first-order chi connectivity index (χ1) is 6.38. The second kappa shape index (κ2) is 6.41. The van der Waals surface area contributed by atoms with E-state index >= 15 is 0 Å². The Kier molecular flexibility index (Phi) is 6.38. The molecule has 0 aromatic carbocycles. The van der Waals surface area contributed by atoms with Gasteiger partial charge in [0.2, 0.25) is 0 Å². The molecule has 0 saturated heterocycles. The van der Waals surface area contributed by atoms with E-state index in [-0.39, 0.29) is 6.04 Å². The van der Waals surface area contributed by atoms with Gasteiger partial charge >= 0.3 is 0 Å². The fraction of sp³-hybridized carbons (Fsp3) is 1.00. The molecule has 0 aromatic rings. The third-order valence-electron chi connectivity index (χ3n) is 2.83. The van der Waals surface area contributed by atoms with Crippen LogP contribution in [0.2, 0.25) is 0 Å². The Balaban J connectivity index is 3.66. The summed E-state index contributed by atoms with van der Waals surface area (Å²) in [5, 5.41) is 13.2. The van der Waals surface area contributed by atoms with Crippen LogP contribution in [0.1, 0.15) is 60.3 Å². The number of nitrogens with one attached hydrogen (secondary N) is 1. The highest BCUT2D eigenvalue weighted by atomic mass is 16.3. The molecular formula is C12H27NO. The molecule has 2 unspecified atom stereocenters. The van der Waals surface area contributed by atoms with Crippen molar-refractivity contribution in [3.05, 3.63) is 0 Å². The lowest BCUT2D eigenvalue weighted by molar-refractivity contribution is 0.0401. The maximum Gasteiger partial charge on any atom is 0.0741 e. The van der Waals surface area contributed by atoms with Gasteiger partial charge in [-0.15, -0.1) is 0 Å². The third kappa shape index (κ3) is 6.39. The van der Waals surface area contributed by atoms with Gasteiger partial charge in [-0.25, -0.2) is 0 Å². The van der Waals surface area contributed by atoms with Crippen LogP contribution in [0.5, 0.6) is 0 Å². The zero-order valence-corrected chi connectivity index (χ0v) is 10.4. The molecule has 2 nitrogen and oxygen atoms in total. The van der Waals surface area contributed by atoms with Crippen molar-refractivity contribution < 1.29 is 5.11 Å². The van der Waals surface area contributed by atoms with Gasteiger partial charge in [0.25, 0.3) is 0 Å². The molecule has 0 bridgehead atoms. The SMILES string of the molecule is CCCCCC(C)NC(C)C(C)(C)O. The van der Waals surface area contributed by atoms with Gasteiger partial charge in [0.15, 0.2) is 0 Å². The van der Waals surface area contributed by atoms with Crippen LogP contribution in [0.25, 0.3) is 0 Å². The first-order valence-corrected chi connectivity index (χ1v) is 5.86. The molecule has 0 amide bonds. The van der Waals surface area contributed by atoms with Gasteiger partial charge in [0.1, 0.15) is 0 Å². The largest absolute Gasteiger partial charge is 0.389 e. The van der Waals surface area contributed by atoms with Crippen molar-refractivity contribution in [2.24, 2.45) is 0 Å². The average Bonchev–Trinajstić information content (AvgIpc) is 2.03. The molecule has 0 rings (SSSR count). The minimum Gasteiger partial charge on any atom is -0.389 e. The number of unbranched alkanes of at least 4 members (excludes halogenated alkanes) is 2. The lowest BCUT2D eigenvalue weighted by atomic mass is 9.99. The molecule has 14 heavy (non-hydrogen) atoms. The van der Waals surface area contributed by atoms with Crippen molar-refractivity contribution in [3.63, 3.8) is 0 Å². The van der Waals surface area contributed by atoms with Crippen molar-refractivity contribution in [3.8, 4) is 0 Å². The van der Waals surface area contributed by atoms with Crippen molar-refractivity contribution in [2.75, 3.05) is 0 Å². The van der Waals surface area contributed by atoms with Gasteiger partial charge in [0.05, 0.1) is 5.60 Å². The summed E-state index contributed by atoms with van der Waals surface area (Å²) in [4.78, 5) is 0. The molecule has 0 radical (unpaired) electrons. The van der Waals surface area contributed by atoms with Gasteiger partial charge in [-0.1, -0.05) is 26.2 Å². The monoisotopic (exact) mass is 201 g/mol. The van der Waals surface area contributed by atoms with E-state index in [9.17, 15) is 5.11 Å². The van der Waals surface area contributed by atoms with Crippen LogP contribution in [0, 0.1) is 0 Å². The Morgan fingerprint density at radius 3 is 2.21 bits per heavy atom. The van der Waals surface area contributed by atoms with Crippen molar-refractivity contribution in [1.82, 2.24) is 5.32 Å². The van der Waals surface area contributed by atoms with Gasteiger partial charge in [-0.2, -0.15) is 0 Å². The van der Waals surface area contributed by atoms with Gasteiger partial charge < -0.3 is 10.4 Å². The molecule has 0 spiro atoms. The Bertz CT molecular complexity index is 140. The summed E-state index contributed by atoms with van der Waals surface area (Å²) < 4.78 is 0. The van der Waals surface area contributed by atoms with Crippen LogP contribution in [0.15, 0.2) is 0 Å². The van der Waals surface area contributed by atoms with Crippen LogP contribution < -0.4 is 5.32 Å². The van der Waals surface area contributed by atoms with Crippen molar-refractivity contribution in [2.45, 2.75) is 78.0 Å². The summed E-state index contributed by atoms with van der Waals surface area (Å²) in [5.41, 5.74) is -0.626. The number of hydrogen-bond donors (Lipinski definition) is 2. The van der Waals surface area contributed by atoms with Crippen molar-refractivity contribution >= 4 is 0 Å². The quantitative estimate of drug-likeness (QED) is 0.621. The summed E-state index contributed by atoms with van der Waals surface area (Å²) >= 11 is 0. The third-order valence-corrected chi connectivity index (χ3v) is 2.83. The molecule has 2 heteroatoms. The molecular weight excluding hydrogens is 174 g/mol. The van der Waals surface area contributed by atoms with Crippen LogP contribution in [-0.4, -0.2) is 22.8 Å². The Labute approximate surface area is 89.1 Å². The molecule has 2 N–H and O–H groups in total. The predicted octanol–water partition coefficient (Wildman–Crippen LogP) is 2.70. The molecule has 0 aliphatic carbocycles. The molecule has 0 saturated carbocycles. The normalized spacial score (nSPS) is 16.7. The van der Waals surface area contributed by atoms with Crippen LogP contribution in [0.3, 0.4) is 0 Å². The Hall–Kier alpha value is -0.0800. The van der Waals surface area contributed by atoms with Crippen LogP contribution >= 0.6 is 0 Å². The van der Waals surface area contributed by atoms with E-state index in [1.807, 2.05) is 20.8 Å². The van der Waals surface area contributed by atoms with E-state index in [1.165, 1.54) is 25.7 Å². The zero-order valence-electron chi connectivity index (χ0n) is 10.4. The lowest BCUT2D eigenvalue weighted by Gasteiger charge is -2.29. The molecule has 0 aliphatic heterocycles. The predicted molar refractivity (Wildman–Crippen MR) is 62.5 cm³/mol. The van der Waals surface area contributed by atoms with E-state index < -0.39 is 5.60 Å². The van der Waals surface area contributed by atoms with E-state index in [0.717, 1.165) is 0 Å². The molecule has 0 heterocycles. The fourth-order valence-corrected chi connectivity index (χ4v) is 1.41. The van der Waals surface area contributed by atoms with Gasteiger partial charge in [-0.3, -0.25) is 0 Å². The maximum absolute atomic E-state index is 9.74. The smallest absolute Gasteiger partial charge is 0.0741 e. The topological polar surface area (TPSA) is 32.3 Å². The lowest BCUT2D eigenvalue weighted by Crippen LogP contribution is -2.48. The number of hydrogen-bond acceptors (Lipinski definition) is 2. The summed E-state index contributed by atoms with van der Waals surface area (Å²) in [6.45, 7) is 10.2. The Morgan fingerprint density at radius 1 is 1.21 bits per heavy atom. The van der Waals surface area contributed by atoms with Crippen LogP contribution in [0.4, 0.5) is 0 Å². The maximum atomic E-state index is 9.74. The van der Waals surface area contributed by atoms with E-state index in [2.05, 4.69) is 19.2 Å². The van der Waals surface area contributed by atoms with Gasteiger partial charge in [0, 0.05) is 12.1 Å². The first-order valence-electron chi connectivity index (χ1n) is 5.86. The van der Waals surface area contributed by atoms with E-state index in [0.29, 0.717) is 6.04 Å². The molecule has 86 valence electrons. The van der Waals surface area contributed by atoms with Gasteiger partial charge in [-0.05, 0) is 34.1 Å². The standard InChI is InChI=1S/C12H27NO/c1-6-7-8-9-10(2)13-11(3)12(4,5)14/h10-11,13-14H,6-9H2,1-5H3. The Morgan fingerprint density at radius 2 is 1.79 bits per heavy atom. The number of aliphatic hydroxyl groups is 1. The minimum absolute atomic E-state index is 0.152. The highest BCUT2D eigenvalue weighted by molar-refractivity contribution is 4.81. The molecule has 2 atom stereocenters. The summed E-state index contributed by atoms with van der Waals surface area (Å²) in [5.74, 6) is 0. The average molecular weight is 201 g/mol. The second-order valence-corrected chi connectivity index (χ2v) is 4.94. The zero-order chi connectivity index (χ0) is 11.2. The summed E-state index contributed by atoms with van der Waals surface area (Å²) in [6.07, 6.45) is 5.06. The van der Waals surface area contributed by atoms with E-state index in [1.54, 1.807) is 0 Å². The summed E-state index contributed by atoms with van der Waals surface area (Å²) in [7, 11) is 0. The van der Waals surface area contributed by atoms with Crippen LogP contribution in [-0.2, 0) is 0 Å². The van der Waals surface area contributed by atoms with Crippen molar-refractivity contribution in [1.29, 1.82) is 0 Å². The molecule has 0 aliphatic rings. The molecule has 0 aromatic heterocycles. The first kappa shape index (κ1) is 13.9. The minimum atomic E-state index is -0.626. The fourth-order valence-electron chi connectivity index (χ4n) is 1.41. The highest BCUT2D eigenvalue weighted by Crippen LogP contribution is 2.10. The number of rotatable bonds is 7. The molecule has 0 fully saturated rings. The van der Waals surface area contributed by atoms with E-state index in [4.69, 9.17) is 0 Å². The highest BCUT2D eigenvalue weighted by Gasteiger charge is 2.22. The second-order valence-electron chi connectivity index (χ2n) is 4.94.